The minimum Gasteiger partial charge on any atom is -0.356 e. The van der Waals surface area contributed by atoms with Gasteiger partial charge in [-0.25, -0.2) is 9.97 Å². The van der Waals surface area contributed by atoms with Crippen molar-refractivity contribution < 1.29 is 9.32 Å². The third-order valence-corrected chi connectivity index (χ3v) is 6.68. The molecule has 0 saturated heterocycles. The van der Waals surface area contributed by atoms with Gasteiger partial charge >= 0.3 is 0 Å². The predicted molar refractivity (Wildman–Crippen MR) is 121 cm³/mol. The molecule has 1 atom stereocenters. The zero-order valence-electron chi connectivity index (χ0n) is 18.9. The first kappa shape index (κ1) is 21.7. The van der Waals surface area contributed by atoms with Crippen LogP contribution in [-0.2, 0) is 4.79 Å². The van der Waals surface area contributed by atoms with E-state index in [1.54, 1.807) is 0 Å². The van der Waals surface area contributed by atoms with Gasteiger partial charge in [-0.2, -0.15) is 0 Å². The second kappa shape index (κ2) is 9.75. The molecule has 166 valence electrons. The van der Waals surface area contributed by atoms with E-state index in [-0.39, 0.29) is 17.7 Å². The lowest BCUT2D eigenvalue weighted by Crippen LogP contribution is -2.35. The summed E-state index contributed by atoms with van der Waals surface area (Å²) in [6.45, 7) is 6.97. The average molecular weight is 423 g/mol. The molecule has 31 heavy (non-hydrogen) atoms. The zero-order valence-corrected chi connectivity index (χ0v) is 18.9. The Morgan fingerprint density at radius 2 is 2.00 bits per heavy atom. The summed E-state index contributed by atoms with van der Waals surface area (Å²) >= 11 is 0. The molecule has 1 fully saturated rings. The first-order valence-corrected chi connectivity index (χ1v) is 11.7. The number of aromatic nitrogens is 3. The van der Waals surface area contributed by atoms with E-state index in [9.17, 15) is 4.79 Å². The first-order chi connectivity index (χ1) is 15.0. The van der Waals surface area contributed by atoms with Crippen LogP contribution in [0.15, 0.2) is 28.9 Å². The molecule has 6 heteroatoms. The highest BCUT2D eigenvalue weighted by atomic mass is 16.5. The van der Waals surface area contributed by atoms with Gasteiger partial charge in [-0.1, -0.05) is 31.2 Å². The first-order valence-electron chi connectivity index (χ1n) is 11.7. The van der Waals surface area contributed by atoms with Crippen LogP contribution in [0.4, 0.5) is 0 Å². The van der Waals surface area contributed by atoms with Crippen LogP contribution in [0.3, 0.4) is 0 Å². The number of nitrogens with one attached hydrogen (secondary N) is 1. The monoisotopic (exact) mass is 422 g/mol. The van der Waals surface area contributed by atoms with Gasteiger partial charge in [0.05, 0.1) is 17.0 Å². The maximum absolute atomic E-state index is 12.5. The van der Waals surface area contributed by atoms with Gasteiger partial charge in [0.1, 0.15) is 5.82 Å². The number of aryl methyl sites for hydroxylation is 1. The van der Waals surface area contributed by atoms with E-state index in [1.807, 2.05) is 19.2 Å². The minimum atomic E-state index is 0.157. The van der Waals surface area contributed by atoms with Gasteiger partial charge in [-0.15, -0.1) is 0 Å². The van der Waals surface area contributed by atoms with Crippen LogP contribution in [0.5, 0.6) is 0 Å². The van der Waals surface area contributed by atoms with E-state index < -0.39 is 0 Å². The Morgan fingerprint density at radius 1 is 1.19 bits per heavy atom. The number of rotatable bonds is 6. The van der Waals surface area contributed by atoms with Gasteiger partial charge in [0.2, 0.25) is 5.91 Å². The number of amides is 1. The van der Waals surface area contributed by atoms with Crippen molar-refractivity contribution in [3.63, 3.8) is 0 Å². The number of carbonyl (C=O) groups is 1. The lowest BCUT2D eigenvalue weighted by atomic mass is 9.79. The molecule has 1 N–H and O–H groups in total. The van der Waals surface area contributed by atoms with Crippen molar-refractivity contribution in [2.24, 2.45) is 11.8 Å². The molecule has 0 unspecified atom stereocenters. The third-order valence-electron chi connectivity index (χ3n) is 6.68. The molecule has 2 aliphatic rings. The Kier molecular flexibility index (Phi) is 6.83. The van der Waals surface area contributed by atoms with Crippen LogP contribution in [-0.4, -0.2) is 27.6 Å². The molecule has 0 aliphatic heterocycles. The van der Waals surface area contributed by atoms with Gasteiger partial charge in [-0.05, 0) is 57.8 Å². The van der Waals surface area contributed by atoms with E-state index in [0.717, 1.165) is 80.0 Å². The average Bonchev–Trinajstić information content (AvgIpc) is 3.24. The Balaban J connectivity index is 1.40. The summed E-state index contributed by atoms with van der Waals surface area (Å²) in [5.41, 5.74) is 2.92. The van der Waals surface area contributed by atoms with E-state index in [2.05, 4.69) is 41.5 Å². The van der Waals surface area contributed by atoms with Gasteiger partial charge in [0, 0.05) is 36.6 Å². The number of nitrogens with zero attached hydrogens (tertiary/aromatic N) is 3. The van der Waals surface area contributed by atoms with E-state index in [1.165, 1.54) is 0 Å². The van der Waals surface area contributed by atoms with Crippen molar-refractivity contribution in [3.05, 3.63) is 41.6 Å². The lowest BCUT2D eigenvalue weighted by Gasteiger charge is -2.30. The minimum absolute atomic E-state index is 0.157. The highest BCUT2D eigenvalue weighted by Crippen LogP contribution is 2.39. The summed E-state index contributed by atoms with van der Waals surface area (Å²) in [5.74, 6) is 3.23. The van der Waals surface area contributed by atoms with Gasteiger partial charge in [0.25, 0.3) is 0 Å². The van der Waals surface area contributed by atoms with E-state index in [4.69, 9.17) is 9.51 Å². The molecule has 6 nitrogen and oxygen atoms in total. The molecule has 1 saturated carbocycles. The highest BCUT2D eigenvalue weighted by molar-refractivity contribution is 5.78. The zero-order chi connectivity index (χ0) is 21.8. The quantitative estimate of drug-likeness (QED) is 0.638. The third kappa shape index (κ3) is 5.23. The van der Waals surface area contributed by atoms with Gasteiger partial charge in [-0.3, -0.25) is 4.79 Å². The Labute approximate surface area is 184 Å². The maximum Gasteiger partial charge on any atom is 0.223 e. The highest BCUT2D eigenvalue weighted by Gasteiger charge is 2.28. The standard InChI is InChI=1S/C25H34N4O2/c1-16(2)24-26-15-21(22-13-17(3)29-31-22)23(28-24)19-11-9-18(10-12-19)14-27-25(30)20-7-5-4-6-8-20/h4-5,13,15-16,18-20H,6-12,14H2,1-3H3,(H,27,30)/t18?,19?,20-/m0/s1. The summed E-state index contributed by atoms with van der Waals surface area (Å²) in [6, 6.07) is 1.96. The van der Waals surface area contributed by atoms with Gasteiger partial charge in [0.15, 0.2) is 5.76 Å². The van der Waals surface area contributed by atoms with Gasteiger partial charge < -0.3 is 9.84 Å². The number of carbonyl (C=O) groups excluding carboxylic acids is 1. The molecular formula is C25H34N4O2. The second-order valence-electron chi connectivity index (χ2n) is 9.46. The van der Waals surface area contributed by atoms with Crippen LogP contribution in [0.25, 0.3) is 11.3 Å². The fourth-order valence-corrected chi connectivity index (χ4v) is 4.74. The molecule has 0 aromatic carbocycles. The van der Waals surface area contributed by atoms with E-state index in [0.29, 0.717) is 11.8 Å². The van der Waals surface area contributed by atoms with Crippen LogP contribution in [0, 0.1) is 18.8 Å². The molecule has 1 amide bonds. The van der Waals surface area contributed by atoms with Crippen molar-refractivity contribution >= 4 is 5.91 Å². The molecule has 2 aliphatic carbocycles. The predicted octanol–water partition coefficient (Wildman–Crippen LogP) is 5.31. The molecule has 4 rings (SSSR count). The molecule has 0 radical (unpaired) electrons. The maximum atomic E-state index is 12.5. The van der Waals surface area contributed by atoms with Crippen LogP contribution < -0.4 is 5.32 Å². The fraction of sp³-hybridized carbons (Fsp3) is 0.600. The summed E-state index contributed by atoms with van der Waals surface area (Å²) < 4.78 is 5.54. The lowest BCUT2D eigenvalue weighted by molar-refractivity contribution is -0.125. The SMILES string of the molecule is Cc1cc(-c2cnc(C(C)C)nc2C2CCC(CNC(=O)[C@H]3CC=CCC3)CC2)on1. The summed E-state index contributed by atoms with van der Waals surface area (Å²) in [6.07, 6.45) is 13.5. The molecule has 0 bridgehead atoms. The Morgan fingerprint density at radius 3 is 2.65 bits per heavy atom. The van der Waals surface area contributed by atoms with Crippen molar-refractivity contribution in [1.29, 1.82) is 0 Å². The van der Waals surface area contributed by atoms with Crippen molar-refractivity contribution in [2.45, 2.75) is 77.6 Å². The van der Waals surface area contributed by atoms with Crippen LogP contribution >= 0.6 is 0 Å². The molecular weight excluding hydrogens is 388 g/mol. The summed E-state index contributed by atoms with van der Waals surface area (Å²) in [4.78, 5) is 22.0. The second-order valence-corrected chi connectivity index (χ2v) is 9.46. The largest absolute Gasteiger partial charge is 0.356 e. The Hall–Kier alpha value is -2.50. The van der Waals surface area contributed by atoms with Crippen molar-refractivity contribution in [2.75, 3.05) is 6.54 Å². The molecule has 2 aromatic heterocycles. The topological polar surface area (TPSA) is 80.9 Å². The number of hydrogen-bond donors (Lipinski definition) is 1. The summed E-state index contributed by atoms with van der Waals surface area (Å²) in [5, 5.41) is 7.27. The molecule has 2 aromatic rings. The number of allylic oxidation sites excluding steroid dienone is 2. The van der Waals surface area contributed by atoms with Crippen LogP contribution in [0.1, 0.15) is 87.8 Å². The van der Waals surface area contributed by atoms with Crippen LogP contribution in [0.2, 0.25) is 0 Å². The van der Waals surface area contributed by atoms with Crippen molar-refractivity contribution in [1.82, 2.24) is 20.4 Å². The summed E-state index contributed by atoms with van der Waals surface area (Å²) in [7, 11) is 0. The van der Waals surface area contributed by atoms with Crippen molar-refractivity contribution in [3.8, 4) is 11.3 Å². The fourth-order valence-electron chi connectivity index (χ4n) is 4.74. The Bertz CT molecular complexity index is 925. The normalized spacial score (nSPS) is 23.8. The molecule has 2 heterocycles. The number of hydrogen-bond acceptors (Lipinski definition) is 5. The molecule has 0 spiro atoms. The smallest absolute Gasteiger partial charge is 0.223 e. The van der Waals surface area contributed by atoms with E-state index >= 15 is 0 Å².